The Kier molecular flexibility index (Phi) is 8.94. The summed E-state index contributed by atoms with van der Waals surface area (Å²) in [6.45, 7) is 3.18. The highest BCUT2D eigenvalue weighted by atomic mass is 32.1. The maximum absolute atomic E-state index is 13.3. The van der Waals surface area contributed by atoms with Crippen LogP contribution in [0.2, 0.25) is 0 Å². The van der Waals surface area contributed by atoms with Crippen molar-refractivity contribution in [2.75, 3.05) is 26.2 Å². The van der Waals surface area contributed by atoms with Gasteiger partial charge in [0.05, 0.1) is 35.1 Å². The number of nitrogens with zero attached hydrogens (tertiary/aromatic N) is 1. The van der Waals surface area contributed by atoms with Crippen LogP contribution in [0.4, 0.5) is 0 Å². The summed E-state index contributed by atoms with van der Waals surface area (Å²) >= 11 is 1.17. The van der Waals surface area contributed by atoms with Gasteiger partial charge in [-0.05, 0) is 74.1 Å². The van der Waals surface area contributed by atoms with Gasteiger partial charge in [-0.3, -0.25) is 19.2 Å². The second-order valence-corrected chi connectivity index (χ2v) is 12.6. The Hall–Kier alpha value is -4.22. The van der Waals surface area contributed by atoms with Gasteiger partial charge < -0.3 is 29.7 Å². The molecule has 2 fully saturated rings. The Balaban J connectivity index is 1.20. The van der Waals surface area contributed by atoms with Crippen LogP contribution in [-0.4, -0.2) is 66.8 Å². The van der Waals surface area contributed by atoms with Crippen molar-refractivity contribution in [1.29, 1.82) is 0 Å². The van der Waals surface area contributed by atoms with E-state index in [4.69, 9.17) is 14.2 Å². The summed E-state index contributed by atoms with van der Waals surface area (Å²) in [5.74, 6) is 1.30. The molecular formula is C33H35N3O7S. The van der Waals surface area contributed by atoms with Crippen molar-refractivity contribution < 1.29 is 33.4 Å². The Morgan fingerprint density at radius 2 is 1.86 bits per heavy atom. The van der Waals surface area contributed by atoms with E-state index >= 15 is 0 Å². The van der Waals surface area contributed by atoms with Gasteiger partial charge in [0.25, 0.3) is 11.8 Å². The van der Waals surface area contributed by atoms with E-state index in [0.29, 0.717) is 58.1 Å². The van der Waals surface area contributed by atoms with Gasteiger partial charge in [-0.25, -0.2) is 0 Å². The molecule has 3 aromatic rings. The molecule has 3 amide bonds. The van der Waals surface area contributed by atoms with Crippen molar-refractivity contribution in [2.24, 2.45) is 5.92 Å². The lowest BCUT2D eigenvalue weighted by molar-refractivity contribution is -0.124. The number of likely N-dealkylation sites (tertiary alicyclic amines) is 1. The first-order valence-electron chi connectivity index (χ1n) is 14.9. The minimum Gasteiger partial charge on any atom is -0.493 e. The number of rotatable bonds is 5. The number of hydrogen-bond acceptors (Lipinski definition) is 8. The highest BCUT2D eigenvalue weighted by Gasteiger charge is 2.34. The van der Waals surface area contributed by atoms with Crippen LogP contribution in [0.1, 0.15) is 67.9 Å². The molecule has 3 heterocycles. The van der Waals surface area contributed by atoms with E-state index in [1.807, 2.05) is 24.3 Å². The molecule has 2 N–H and O–H groups in total. The molecule has 2 atom stereocenters. The van der Waals surface area contributed by atoms with Gasteiger partial charge in [-0.1, -0.05) is 12.1 Å². The zero-order chi connectivity index (χ0) is 30.6. The maximum Gasteiger partial charge on any atom is 0.264 e. The molecule has 2 aliphatic heterocycles. The van der Waals surface area contributed by atoms with Crippen LogP contribution in [0.3, 0.4) is 0 Å². The highest BCUT2D eigenvalue weighted by Crippen LogP contribution is 2.32. The molecule has 0 unspecified atom stereocenters. The standard InChI is InChI=1S/C33H35N3O7S/c1-20(37)29-7-8-30(44-29)33(40)36-12-10-28-27(17-36)35-31(38)9-11-34-32(39)23-14-25(41-18-21-5-6-21)16-26(15-23)43-24-4-2-3-22(13-24)19-42-28/h2-4,7-8,13-16,21,27-28H,5-6,9-12,17-19H2,1H3,(H,34,39)(H,35,38)/t27-,28+/m0/s1. The summed E-state index contributed by atoms with van der Waals surface area (Å²) in [4.78, 5) is 53.9. The molecular weight excluding hydrogens is 582 g/mol. The fraction of sp³-hybridized carbons (Fsp3) is 0.394. The van der Waals surface area contributed by atoms with Crippen LogP contribution in [-0.2, 0) is 16.1 Å². The van der Waals surface area contributed by atoms with Crippen LogP contribution in [0, 0.1) is 5.92 Å². The van der Waals surface area contributed by atoms with Crippen LogP contribution in [0.25, 0.3) is 0 Å². The number of fused-ring (bicyclic) bond motifs is 5. The van der Waals surface area contributed by atoms with Crippen molar-refractivity contribution in [3.63, 3.8) is 0 Å². The summed E-state index contributed by atoms with van der Waals surface area (Å²) < 4.78 is 18.5. The molecule has 2 aromatic carbocycles. The average molecular weight is 618 g/mol. The summed E-state index contributed by atoms with van der Waals surface area (Å²) in [6, 6.07) is 15.5. The summed E-state index contributed by atoms with van der Waals surface area (Å²) in [5.41, 5.74) is 1.25. The number of carbonyl (C=O) groups excluding carboxylic acids is 4. The number of piperidine rings is 1. The Labute approximate surface area is 259 Å². The van der Waals surface area contributed by atoms with Gasteiger partial charge in [0.1, 0.15) is 17.2 Å². The Morgan fingerprint density at radius 3 is 2.66 bits per heavy atom. The van der Waals surface area contributed by atoms with Crippen LogP contribution in [0.5, 0.6) is 17.2 Å². The van der Waals surface area contributed by atoms with Gasteiger partial charge in [0, 0.05) is 37.7 Å². The molecule has 44 heavy (non-hydrogen) atoms. The Bertz CT molecular complexity index is 1570. The monoisotopic (exact) mass is 617 g/mol. The number of hydrogen-bond donors (Lipinski definition) is 2. The molecule has 11 heteroatoms. The van der Waals surface area contributed by atoms with Crippen LogP contribution < -0.4 is 20.1 Å². The van der Waals surface area contributed by atoms with Crippen molar-refractivity contribution >= 4 is 34.8 Å². The first-order chi connectivity index (χ1) is 21.3. The van der Waals surface area contributed by atoms with Crippen LogP contribution in [0.15, 0.2) is 54.6 Å². The van der Waals surface area contributed by atoms with Crippen molar-refractivity contribution in [3.05, 3.63) is 75.5 Å². The molecule has 230 valence electrons. The number of thiophene rings is 1. The van der Waals surface area contributed by atoms with Crippen molar-refractivity contribution in [3.8, 4) is 17.2 Å². The molecule has 1 saturated carbocycles. The van der Waals surface area contributed by atoms with E-state index in [-0.39, 0.29) is 55.7 Å². The molecule has 1 aliphatic carbocycles. The predicted octanol–water partition coefficient (Wildman–Crippen LogP) is 4.58. The minimum absolute atomic E-state index is 0.0534. The van der Waals surface area contributed by atoms with Gasteiger partial charge in [0.2, 0.25) is 5.91 Å². The predicted molar refractivity (Wildman–Crippen MR) is 163 cm³/mol. The van der Waals surface area contributed by atoms with Crippen molar-refractivity contribution in [1.82, 2.24) is 15.5 Å². The largest absolute Gasteiger partial charge is 0.493 e. The smallest absolute Gasteiger partial charge is 0.264 e. The lowest BCUT2D eigenvalue weighted by atomic mass is 10.0. The number of ketones is 1. The lowest BCUT2D eigenvalue weighted by Crippen LogP contribution is -2.57. The van der Waals surface area contributed by atoms with Gasteiger partial charge in [-0.15, -0.1) is 11.3 Å². The first kappa shape index (κ1) is 29.8. The van der Waals surface area contributed by atoms with Crippen molar-refractivity contribution in [2.45, 2.75) is 51.4 Å². The zero-order valence-electron chi connectivity index (χ0n) is 24.5. The number of benzene rings is 2. The number of ether oxygens (including phenoxy) is 3. The summed E-state index contributed by atoms with van der Waals surface area (Å²) in [5, 5.41) is 5.86. The highest BCUT2D eigenvalue weighted by molar-refractivity contribution is 7.15. The van der Waals surface area contributed by atoms with Gasteiger partial charge >= 0.3 is 0 Å². The van der Waals surface area contributed by atoms with E-state index in [2.05, 4.69) is 10.6 Å². The molecule has 0 spiro atoms. The molecule has 3 aliphatic rings. The first-order valence-corrected chi connectivity index (χ1v) is 15.8. The summed E-state index contributed by atoms with van der Waals surface area (Å²) in [7, 11) is 0. The Morgan fingerprint density at radius 1 is 1.02 bits per heavy atom. The number of Topliss-reactive ketones (excluding diaryl/α,β-unsaturated/α-hetero) is 1. The second-order valence-electron chi connectivity index (χ2n) is 11.5. The number of nitrogens with one attached hydrogen (secondary N) is 2. The quantitative estimate of drug-likeness (QED) is 0.402. The molecule has 10 nitrogen and oxygen atoms in total. The van der Waals surface area contributed by atoms with E-state index < -0.39 is 6.04 Å². The summed E-state index contributed by atoms with van der Waals surface area (Å²) in [6.07, 6.45) is 2.53. The fourth-order valence-electron chi connectivity index (χ4n) is 5.30. The fourth-order valence-corrected chi connectivity index (χ4v) is 6.17. The van der Waals surface area contributed by atoms with Gasteiger partial charge in [0.15, 0.2) is 5.78 Å². The minimum atomic E-state index is -0.459. The van der Waals surface area contributed by atoms with E-state index in [1.165, 1.54) is 18.3 Å². The van der Waals surface area contributed by atoms with Crippen LogP contribution >= 0.6 is 11.3 Å². The average Bonchev–Trinajstić information content (AvgIpc) is 3.71. The maximum atomic E-state index is 13.3. The topological polar surface area (TPSA) is 123 Å². The second kappa shape index (κ2) is 13.2. The SMILES string of the molecule is CC(=O)c1ccc(C(=O)N2CC[C@H]3OCc4cccc(c4)Oc4cc(OCC5CC5)cc(c4)C(=O)NCCC(=O)N[C@H]3C2)s1. The molecule has 1 aromatic heterocycles. The lowest BCUT2D eigenvalue weighted by Gasteiger charge is -2.38. The third kappa shape index (κ3) is 7.46. The van der Waals surface area contributed by atoms with E-state index in [1.54, 1.807) is 35.2 Å². The number of amides is 3. The molecule has 4 bridgehead atoms. The van der Waals surface area contributed by atoms with Gasteiger partial charge in [-0.2, -0.15) is 0 Å². The molecule has 1 saturated heterocycles. The normalized spacial score (nSPS) is 20.8. The third-order valence-electron chi connectivity index (χ3n) is 7.91. The molecule has 6 rings (SSSR count). The molecule has 0 radical (unpaired) electrons. The third-order valence-corrected chi connectivity index (χ3v) is 9.08. The number of carbonyl (C=O) groups is 4. The van der Waals surface area contributed by atoms with E-state index in [9.17, 15) is 19.2 Å². The van der Waals surface area contributed by atoms with E-state index in [0.717, 1.165) is 18.4 Å². The zero-order valence-corrected chi connectivity index (χ0v) is 25.3.